The summed E-state index contributed by atoms with van der Waals surface area (Å²) in [4.78, 5) is 0. The average Bonchev–Trinajstić information content (AvgIpc) is 2.18. The van der Waals surface area contributed by atoms with Crippen molar-refractivity contribution in [1.29, 1.82) is 0 Å². The van der Waals surface area contributed by atoms with Crippen molar-refractivity contribution in [3.05, 3.63) is 35.9 Å². The van der Waals surface area contributed by atoms with E-state index >= 15 is 0 Å². The minimum atomic E-state index is -3.88. The number of halogens is 3. The van der Waals surface area contributed by atoms with Gasteiger partial charge in [0.2, 0.25) is 0 Å². The molecule has 0 N–H and O–H groups in total. The second-order valence-corrected chi connectivity index (χ2v) is 2.33. The van der Waals surface area contributed by atoms with Gasteiger partial charge in [0.25, 0.3) is 0 Å². The molecule has 2 nitrogen and oxygen atoms in total. The minimum Gasteiger partial charge on any atom is -0.856 e. The van der Waals surface area contributed by atoms with Crippen molar-refractivity contribution >= 4 is 5.90 Å². The predicted octanol–water partition coefficient (Wildman–Crippen LogP) is 1.42. The molecule has 0 heterocycles. The second-order valence-electron chi connectivity index (χ2n) is 2.33. The van der Waals surface area contributed by atoms with Crippen LogP contribution >= 0.6 is 0 Å². The van der Waals surface area contributed by atoms with Gasteiger partial charge >= 0.3 is 5.92 Å². The summed E-state index contributed by atoms with van der Waals surface area (Å²) in [6, 6.07) is 6.23. The fourth-order valence-corrected chi connectivity index (χ4v) is 0.824. The maximum atomic E-state index is 12.9. The number of benzene rings is 1. The van der Waals surface area contributed by atoms with E-state index in [0.29, 0.717) is 0 Å². The Morgan fingerprint density at radius 2 is 1.77 bits per heavy atom. The van der Waals surface area contributed by atoms with Crippen LogP contribution in [-0.2, 0) is 5.92 Å². The molecule has 0 spiro atoms. The lowest BCUT2D eigenvalue weighted by molar-refractivity contribution is -0.247. The lowest BCUT2D eigenvalue weighted by Crippen LogP contribution is -2.36. The first-order valence-electron chi connectivity index (χ1n) is 3.39. The average molecular weight is 188 g/mol. The first-order valence-corrected chi connectivity index (χ1v) is 3.39. The Labute approximate surface area is 72.3 Å². The third kappa shape index (κ3) is 1.80. The summed E-state index contributed by atoms with van der Waals surface area (Å²) in [6.45, 7) is 0. The molecule has 0 aliphatic carbocycles. The van der Waals surface area contributed by atoms with Crippen LogP contribution in [0.5, 0.6) is 0 Å². The highest BCUT2D eigenvalue weighted by Gasteiger charge is 2.32. The topological polar surface area (TPSA) is 35.4 Å². The Morgan fingerprint density at radius 1 is 1.23 bits per heavy atom. The molecule has 0 saturated carbocycles. The first-order chi connectivity index (χ1) is 6.09. The maximum absolute atomic E-state index is 12.9. The summed E-state index contributed by atoms with van der Waals surface area (Å²) in [7, 11) is 0. The fourth-order valence-electron chi connectivity index (χ4n) is 0.824. The summed E-state index contributed by atoms with van der Waals surface area (Å²) in [5, 5.41) is 11.8. The standard InChI is InChI=1S/C8H6F3NO/c9-8(10,7(13)12-11)6-4-2-1-3-5-6/h1-5H,(H,12,13)/p-1. The minimum absolute atomic E-state index is 0.568. The van der Waals surface area contributed by atoms with E-state index in [-0.39, 0.29) is 0 Å². The van der Waals surface area contributed by atoms with E-state index in [1.54, 1.807) is 0 Å². The van der Waals surface area contributed by atoms with Crippen LogP contribution in [0, 0.1) is 0 Å². The predicted molar refractivity (Wildman–Crippen MR) is 38.9 cm³/mol. The van der Waals surface area contributed by atoms with Gasteiger partial charge in [0.05, 0.1) is 5.90 Å². The van der Waals surface area contributed by atoms with Crippen molar-refractivity contribution in [2.24, 2.45) is 5.21 Å². The van der Waals surface area contributed by atoms with E-state index in [1.165, 1.54) is 23.4 Å². The molecular weight excluding hydrogens is 183 g/mol. The Bertz CT molecular complexity index is 310. The highest BCUT2D eigenvalue weighted by Crippen LogP contribution is 2.27. The van der Waals surface area contributed by atoms with Crippen molar-refractivity contribution < 1.29 is 18.4 Å². The molecule has 0 saturated heterocycles. The number of rotatable bonds is 2. The van der Waals surface area contributed by atoms with Gasteiger partial charge in [0, 0.05) is 5.56 Å². The Hall–Kier alpha value is -1.52. The molecule has 0 radical (unpaired) electrons. The van der Waals surface area contributed by atoms with E-state index in [9.17, 15) is 18.4 Å². The van der Waals surface area contributed by atoms with Gasteiger partial charge in [-0.2, -0.15) is 8.78 Å². The second kappa shape index (κ2) is 3.47. The van der Waals surface area contributed by atoms with Crippen LogP contribution in [0.2, 0.25) is 0 Å². The van der Waals surface area contributed by atoms with Crippen LogP contribution in [0.25, 0.3) is 0 Å². The van der Waals surface area contributed by atoms with Gasteiger partial charge < -0.3 is 5.11 Å². The molecule has 0 aromatic heterocycles. The number of hydrogen-bond acceptors (Lipinski definition) is 2. The molecule has 1 aromatic carbocycles. The van der Waals surface area contributed by atoms with Gasteiger partial charge in [0.1, 0.15) is 0 Å². The molecule has 0 aliphatic rings. The van der Waals surface area contributed by atoms with Crippen molar-refractivity contribution in [1.82, 2.24) is 0 Å². The lowest BCUT2D eigenvalue weighted by Gasteiger charge is -2.20. The van der Waals surface area contributed by atoms with Gasteiger partial charge in [-0.1, -0.05) is 34.8 Å². The van der Waals surface area contributed by atoms with Gasteiger partial charge in [-0.15, -0.1) is 5.21 Å². The molecule has 70 valence electrons. The summed E-state index contributed by atoms with van der Waals surface area (Å²) in [5.74, 6) is -5.96. The van der Waals surface area contributed by atoms with E-state index in [4.69, 9.17) is 0 Å². The third-order valence-corrected chi connectivity index (χ3v) is 1.48. The Kier molecular flexibility index (Phi) is 2.55. The zero-order valence-corrected chi connectivity index (χ0v) is 6.38. The Morgan fingerprint density at radius 3 is 2.23 bits per heavy atom. The molecule has 0 bridgehead atoms. The molecule has 1 aromatic rings. The highest BCUT2D eigenvalue weighted by molar-refractivity contribution is 5.80. The molecule has 0 unspecified atom stereocenters. The molecule has 0 amide bonds. The smallest absolute Gasteiger partial charge is 0.304 e. The Balaban J connectivity index is 3.08. The van der Waals surface area contributed by atoms with Crippen molar-refractivity contribution in [2.45, 2.75) is 5.92 Å². The van der Waals surface area contributed by atoms with Crippen LogP contribution in [0.1, 0.15) is 5.56 Å². The molecular formula is C8H5F3NO-. The monoisotopic (exact) mass is 188 g/mol. The number of nitrogens with zero attached hydrogens (tertiary/aromatic N) is 1. The number of alkyl halides is 2. The van der Waals surface area contributed by atoms with Crippen LogP contribution < -0.4 is 5.11 Å². The molecule has 13 heavy (non-hydrogen) atoms. The van der Waals surface area contributed by atoms with Crippen molar-refractivity contribution in [2.75, 3.05) is 0 Å². The SMILES string of the molecule is [O-]C(=NF)C(F)(F)c1ccccc1. The van der Waals surface area contributed by atoms with Crippen LogP contribution in [0.15, 0.2) is 35.5 Å². The summed E-state index contributed by atoms with van der Waals surface area (Å²) >= 11 is 0. The van der Waals surface area contributed by atoms with E-state index < -0.39 is 17.4 Å². The van der Waals surface area contributed by atoms with E-state index in [2.05, 4.69) is 0 Å². The fraction of sp³-hybridized carbons (Fsp3) is 0.125. The van der Waals surface area contributed by atoms with Crippen molar-refractivity contribution in [3.8, 4) is 0 Å². The zero-order chi connectivity index (χ0) is 9.90. The number of hydrogen-bond donors (Lipinski definition) is 0. The molecule has 1 rings (SSSR count). The summed E-state index contributed by atoms with van der Waals surface area (Å²) in [5.41, 5.74) is -0.568. The summed E-state index contributed by atoms with van der Waals surface area (Å²) < 4.78 is 37.1. The summed E-state index contributed by atoms with van der Waals surface area (Å²) in [6.07, 6.45) is 0. The normalized spacial score (nSPS) is 13.0. The maximum Gasteiger partial charge on any atom is 0.304 e. The molecule has 0 aliphatic heterocycles. The molecule has 5 heteroatoms. The lowest BCUT2D eigenvalue weighted by atomic mass is 10.1. The van der Waals surface area contributed by atoms with Gasteiger partial charge in [-0.05, 0) is 0 Å². The largest absolute Gasteiger partial charge is 0.856 e. The van der Waals surface area contributed by atoms with Crippen LogP contribution in [0.3, 0.4) is 0 Å². The first kappa shape index (κ1) is 9.57. The quantitative estimate of drug-likeness (QED) is 0.510. The van der Waals surface area contributed by atoms with Gasteiger partial charge in [-0.25, -0.2) is 0 Å². The zero-order valence-electron chi connectivity index (χ0n) is 6.38. The highest BCUT2D eigenvalue weighted by atomic mass is 19.3. The van der Waals surface area contributed by atoms with E-state index in [0.717, 1.165) is 12.1 Å². The molecule has 0 atom stereocenters. The van der Waals surface area contributed by atoms with Crippen LogP contribution in [-0.4, -0.2) is 5.90 Å². The van der Waals surface area contributed by atoms with Crippen LogP contribution in [0.4, 0.5) is 13.3 Å². The van der Waals surface area contributed by atoms with Crippen molar-refractivity contribution in [3.63, 3.8) is 0 Å². The van der Waals surface area contributed by atoms with Gasteiger partial charge in [0.15, 0.2) is 0 Å². The van der Waals surface area contributed by atoms with E-state index in [1.807, 2.05) is 0 Å². The van der Waals surface area contributed by atoms with Gasteiger partial charge in [-0.3, -0.25) is 0 Å². The molecule has 0 fully saturated rings. The third-order valence-electron chi connectivity index (χ3n) is 1.48.